The number of carbonyl (C=O) groups is 1. The van der Waals surface area contributed by atoms with Crippen molar-refractivity contribution in [2.45, 2.75) is 69.5 Å². The van der Waals surface area contributed by atoms with E-state index in [-0.39, 0.29) is 41.4 Å². The molecule has 2 N–H and O–H groups in total. The zero-order valence-corrected chi connectivity index (χ0v) is 21.9. The molecule has 0 aliphatic heterocycles. The minimum atomic E-state index is -2.83. The molecule has 2 heterocycles. The number of benzene rings is 1. The molecule has 4 rings (SSSR count). The molecule has 0 saturated heterocycles. The maximum absolute atomic E-state index is 14.6. The quantitative estimate of drug-likeness (QED) is 0.360. The molecule has 0 radical (unpaired) electrons. The van der Waals surface area contributed by atoms with Crippen molar-refractivity contribution in [3.05, 3.63) is 63.2 Å². The second-order valence-corrected chi connectivity index (χ2v) is 10.3. The summed E-state index contributed by atoms with van der Waals surface area (Å²) in [6.07, 6.45) is 2.77. The second kappa shape index (κ2) is 11.2. The highest BCUT2D eigenvalue weighted by atomic mass is 32.2. The number of alkyl halides is 2. The number of rotatable bonds is 8. The fourth-order valence-electron chi connectivity index (χ4n) is 5.49. The van der Waals surface area contributed by atoms with Crippen molar-refractivity contribution in [3.8, 4) is 0 Å². The van der Waals surface area contributed by atoms with Gasteiger partial charge >= 0.3 is 0 Å². The van der Waals surface area contributed by atoms with Crippen LogP contribution < -0.4 is 10.9 Å². The van der Waals surface area contributed by atoms with E-state index >= 15 is 0 Å². The lowest BCUT2D eigenvalue weighted by Crippen LogP contribution is -2.29. The number of thioether (sulfide) groups is 1. The molecule has 9 heteroatoms. The van der Waals surface area contributed by atoms with Crippen LogP contribution in [-0.4, -0.2) is 34.9 Å². The number of aromatic nitrogens is 2. The highest BCUT2D eigenvalue weighted by Gasteiger charge is 2.34. The van der Waals surface area contributed by atoms with E-state index in [2.05, 4.69) is 10.3 Å². The molecule has 1 aromatic carbocycles. The molecule has 1 fully saturated rings. The summed E-state index contributed by atoms with van der Waals surface area (Å²) < 4.78 is 36.4. The van der Waals surface area contributed by atoms with Crippen LogP contribution in [0.2, 0.25) is 0 Å². The number of hydrogen-bond donors (Lipinski definition) is 2. The van der Waals surface area contributed by atoms with Crippen LogP contribution in [0.25, 0.3) is 10.9 Å². The van der Waals surface area contributed by atoms with Gasteiger partial charge in [0.25, 0.3) is 17.9 Å². The number of nitrogens with one attached hydrogen (secondary N) is 2. The van der Waals surface area contributed by atoms with E-state index in [0.717, 1.165) is 36.3 Å². The Morgan fingerprint density at radius 1 is 1.25 bits per heavy atom. The maximum Gasteiger partial charge on any atom is 0.279 e. The lowest BCUT2D eigenvalue weighted by Gasteiger charge is -2.33. The molecule has 1 aliphatic carbocycles. The Kier molecular flexibility index (Phi) is 8.20. The van der Waals surface area contributed by atoms with Crippen LogP contribution in [0.15, 0.2) is 40.0 Å². The van der Waals surface area contributed by atoms with E-state index in [0.29, 0.717) is 16.5 Å². The van der Waals surface area contributed by atoms with Crippen molar-refractivity contribution in [1.29, 1.82) is 0 Å². The lowest BCUT2D eigenvalue weighted by molar-refractivity contribution is 0.0478. The Balaban J connectivity index is 1.71. The summed E-state index contributed by atoms with van der Waals surface area (Å²) in [5, 5.41) is 3.24. The minimum Gasteiger partial charge on any atom is -0.381 e. The Morgan fingerprint density at radius 3 is 2.58 bits per heavy atom. The highest BCUT2D eigenvalue weighted by molar-refractivity contribution is 7.98. The van der Waals surface area contributed by atoms with Crippen molar-refractivity contribution in [3.63, 3.8) is 0 Å². The number of ether oxygens (including phenoxy) is 1. The van der Waals surface area contributed by atoms with E-state index in [1.807, 2.05) is 19.2 Å². The van der Waals surface area contributed by atoms with Crippen LogP contribution in [0.5, 0.6) is 0 Å². The summed E-state index contributed by atoms with van der Waals surface area (Å²) in [5.74, 6) is -0.404. The molecule has 1 aliphatic rings. The van der Waals surface area contributed by atoms with Crippen molar-refractivity contribution in [2.24, 2.45) is 5.92 Å². The van der Waals surface area contributed by atoms with E-state index in [1.54, 1.807) is 42.9 Å². The van der Waals surface area contributed by atoms with E-state index in [9.17, 15) is 18.4 Å². The summed E-state index contributed by atoms with van der Waals surface area (Å²) in [6.45, 7) is 3.70. The molecule has 2 aromatic heterocycles. The molecular weight excluding hydrogens is 484 g/mol. The number of hydrogen-bond acceptors (Lipinski definition) is 4. The molecule has 0 unspecified atom stereocenters. The molecule has 36 heavy (non-hydrogen) atoms. The number of carbonyl (C=O) groups excluding carboxylic acids is 1. The standard InChI is InChI=1S/C27H33F2N3O3S/c1-15-13-22(36-4)20(26(33)31-15)14-30-27(34)23-19-7-5-6-8-21(19)32(24(23)25(28)29)16(2)17-9-11-18(35-3)12-10-17/h5-8,13,16-18,25H,9-12,14H2,1-4H3,(H,30,34)(H,31,33)/t16-,17?,18?/m1/s1. The number of H-pyrrole nitrogens is 1. The third-order valence-corrected chi connectivity index (χ3v) is 8.20. The molecule has 0 bridgehead atoms. The van der Waals surface area contributed by atoms with Crippen LogP contribution in [0.3, 0.4) is 0 Å². The SMILES string of the molecule is COC1CCC([C@@H](C)n2c(C(F)F)c(C(=O)NCc3c(SC)cc(C)[nH]c3=O)c3ccccc32)CC1. The van der Waals surface area contributed by atoms with Crippen molar-refractivity contribution >= 4 is 28.6 Å². The minimum absolute atomic E-state index is 0.0210. The number of para-hydroxylation sites is 1. The predicted molar refractivity (Wildman–Crippen MR) is 139 cm³/mol. The number of aryl methyl sites for hydroxylation is 1. The normalized spacial score (nSPS) is 19.1. The van der Waals surface area contributed by atoms with Gasteiger partial charge in [0, 0.05) is 46.8 Å². The molecule has 3 aromatic rings. The molecule has 1 amide bonds. The summed E-state index contributed by atoms with van der Waals surface area (Å²) >= 11 is 1.40. The third-order valence-electron chi connectivity index (χ3n) is 7.40. The summed E-state index contributed by atoms with van der Waals surface area (Å²) in [5.41, 5.74) is 1.17. The third kappa shape index (κ3) is 5.09. The topological polar surface area (TPSA) is 76.1 Å². The molecular formula is C27H33F2N3O3S. The van der Waals surface area contributed by atoms with Crippen molar-refractivity contribution < 1.29 is 18.3 Å². The Bertz CT molecular complexity index is 1300. The van der Waals surface area contributed by atoms with Gasteiger partial charge in [-0.2, -0.15) is 0 Å². The Hall–Kier alpha value is -2.65. The second-order valence-electron chi connectivity index (χ2n) is 9.47. The highest BCUT2D eigenvalue weighted by Crippen LogP contribution is 2.41. The molecule has 1 saturated carbocycles. The fraction of sp³-hybridized carbons (Fsp3) is 0.481. The number of fused-ring (bicyclic) bond motifs is 1. The number of nitrogens with zero attached hydrogens (tertiary/aromatic N) is 1. The van der Waals surface area contributed by atoms with Gasteiger partial charge in [-0.15, -0.1) is 11.8 Å². The average molecular weight is 518 g/mol. The van der Waals surface area contributed by atoms with Gasteiger partial charge in [0.15, 0.2) is 0 Å². The Labute approximate surface area is 213 Å². The van der Waals surface area contributed by atoms with Crippen LogP contribution >= 0.6 is 11.8 Å². The van der Waals surface area contributed by atoms with Crippen LogP contribution in [0.1, 0.15) is 72.4 Å². The summed E-state index contributed by atoms with van der Waals surface area (Å²) in [7, 11) is 1.71. The maximum atomic E-state index is 14.6. The van der Waals surface area contributed by atoms with Crippen LogP contribution in [0, 0.1) is 12.8 Å². The predicted octanol–water partition coefficient (Wildman–Crippen LogP) is 5.99. The summed E-state index contributed by atoms with van der Waals surface area (Å²) in [4.78, 5) is 29.4. The van der Waals surface area contributed by atoms with Crippen LogP contribution in [0.4, 0.5) is 8.78 Å². The first-order chi connectivity index (χ1) is 17.3. The smallest absolute Gasteiger partial charge is 0.279 e. The molecule has 194 valence electrons. The van der Waals surface area contributed by atoms with Gasteiger partial charge in [-0.3, -0.25) is 9.59 Å². The first-order valence-corrected chi connectivity index (χ1v) is 13.5. The summed E-state index contributed by atoms with van der Waals surface area (Å²) in [6, 6.07) is 8.70. The molecule has 1 atom stereocenters. The number of aromatic amines is 1. The average Bonchev–Trinajstić information content (AvgIpc) is 3.23. The van der Waals surface area contributed by atoms with Crippen molar-refractivity contribution in [2.75, 3.05) is 13.4 Å². The van der Waals surface area contributed by atoms with E-state index in [4.69, 9.17) is 4.74 Å². The van der Waals surface area contributed by atoms with Gasteiger partial charge < -0.3 is 19.6 Å². The molecule has 6 nitrogen and oxygen atoms in total. The van der Waals surface area contributed by atoms with E-state index < -0.39 is 12.3 Å². The number of methoxy groups -OCH3 is 1. The van der Waals surface area contributed by atoms with Gasteiger partial charge in [-0.1, -0.05) is 18.2 Å². The van der Waals surface area contributed by atoms with Crippen LogP contribution in [-0.2, 0) is 11.3 Å². The fourth-order valence-corrected chi connectivity index (χ4v) is 6.19. The zero-order valence-electron chi connectivity index (χ0n) is 21.1. The monoisotopic (exact) mass is 517 g/mol. The van der Waals surface area contributed by atoms with Crippen molar-refractivity contribution in [1.82, 2.24) is 14.9 Å². The zero-order chi connectivity index (χ0) is 26.0. The number of halogens is 2. The Morgan fingerprint density at radius 2 is 1.94 bits per heavy atom. The van der Waals surface area contributed by atoms with Gasteiger partial charge in [0.2, 0.25) is 0 Å². The van der Waals surface area contributed by atoms with Gasteiger partial charge in [0.05, 0.1) is 17.4 Å². The first-order valence-electron chi connectivity index (χ1n) is 12.3. The van der Waals surface area contributed by atoms with E-state index in [1.165, 1.54) is 11.8 Å². The van der Waals surface area contributed by atoms with Gasteiger partial charge in [0.1, 0.15) is 0 Å². The largest absolute Gasteiger partial charge is 0.381 e. The van der Waals surface area contributed by atoms with Gasteiger partial charge in [-0.25, -0.2) is 8.78 Å². The number of pyridine rings is 1. The molecule has 0 spiro atoms. The lowest BCUT2D eigenvalue weighted by atomic mass is 9.83. The number of amides is 1. The first kappa shape index (κ1) is 26.4. The van der Waals surface area contributed by atoms with Gasteiger partial charge in [-0.05, 0) is 63.8 Å².